The third-order valence-electron chi connectivity index (χ3n) is 4.58. The summed E-state index contributed by atoms with van der Waals surface area (Å²) in [5, 5.41) is 0. The zero-order valence-electron chi connectivity index (χ0n) is 16.3. The molecule has 5 heteroatoms. The summed E-state index contributed by atoms with van der Waals surface area (Å²) in [6.45, 7) is 5.15. The Morgan fingerprint density at radius 3 is 2.21 bits per heavy atom. The molecule has 0 N–H and O–H groups in total. The van der Waals surface area contributed by atoms with Gasteiger partial charge in [-0.3, -0.25) is 4.79 Å². The molecule has 152 valence electrons. The second-order valence-corrected chi connectivity index (χ2v) is 6.71. The molecule has 0 saturated heterocycles. The number of carbonyl (C=O) groups excluding carboxylic acids is 1. The van der Waals surface area contributed by atoms with Gasteiger partial charge in [0.1, 0.15) is 18.3 Å². The zero-order valence-corrected chi connectivity index (χ0v) is 16.3. The Morgan fingerprint density at radius 1 is 0.931 bits per heavy atom. The minimum absolute atomic E-state index is 0.304. The summed E-state index contributed by atoms with van der Waals surface area (Å²) in [5.41, 5.74) is 2.51. The highest BCUT2D eigenvalue weighted by Crippen LogP contribution is 2.25. The van der Waals surface area contributed by atoms with Crippen molar-refractivity contribution in [1.29, 1.82) is 0 Å². The maximum Gasteiger partial charge on any atom is 0.151 e. The fourth-order valence-electron chi connectivity index (χ4n) is 3.12. The van der Waals surface area contributed by atoms with Crippen LogP contribution in [0.15, 0.2) is 85.2 Å². The van der Waals surface area contributed by atoms with Crippen LogP contribution in [0.25, 0.3) is 0 Å². The molecule has 1 aliphatic rings. The first kappa shape index (κ1) is 21.0. The fourth-order valence-corrected chi connectivity index (χ4v) is 3.12. The third kappa shape index (κ3) is 6.12. The first-order valence-corrected chi connectivity index (χ1v) is 9.62. The Balaban J connectivity index is 1.69. The standard InChI is InChI=1S/C24H26O5/c1-2-13-27-23-21(14-25)17-28-22(18-26-15-19-9-5-3-6-10-19)24(23)29-16-20-11-7-4-8-12-20/h2-12,14,17,22-24H,1,13,15-16,18H2/t22-,23+,24+/m1/s1. The quantitative estimate of drug-likeness (QED) is 0.428. The average Bonchev–Trinajstić information content (AvgIpc) is 2.78. The second kappa shape index (κ2) is 11.3. The number of hydrogen-bond acceptors (Lipinski definition) is 5. The van der Waals surface area contributed by atoms with Gasteiger partial charge in [-0.15, -0.1) is 6.58 Å². The van der Waals surface area contributed by atoms with E-state index in [2.05, 4.69) is 6.58 Å². The number of aldehydes is 1. The second-order valence-electron chi connectivity index (χ2n) is 6.71. The summed E-state index contributed by atoms with van der Waals surface area (Å²) >= 11 is 0. The first-order chi connectivity index (χ1) is 14.3. The van der Waals surface area contributed by atoms with Crippen LogP contribution < -0.4 is 0 Å². The smallest absolute Gasteiger partial charge is 0.151 e. The number of benzene rings is 2. The van der Waals surface area contributed by atoms with Gasteiger partial charge in [-0.2, -0.15) is 0 Å². The Bertz CT molecular complexity index is 787. The maximum absolute atomic E-state index is 11.5. The van der Waals surface area contributed by atoms with Crippen LogP contribution in [0.2, 0.25) is 0 Å². The van der Waals surface area contributed by atoms with E-state index < -0.39 is 18.3 Å². The van der Waals surface area contributed by atoms with Crippen LogP contribution in [-0.2, 0) is 37.0 Å². The summed E-state index contributed by atoms with van der Waals surface area (Å²) in [4.78, 5) is 11.5. The van der Waals surface area contributed by atoms with Crippen LogP contribution in [0.1, 0.15) is 11.1 Å². The molecule has 0 aliphatic carbocycles. The lowest BCUT2D eigenvalue weighted by atomic mass is 9.99. The van der Waals surface area contributed by atoms with Crippen LogP contribution in [0.4, 0.5) is 0 Å². The minimum Gasteiger partial charge on any atom is -0.492 e. The normalized spacial score (nSPS) is 21.1. The molecule has 0 unspecified atom stereocenters. The van der Waals surface area contributed by atoms with Gasteiger partial charge in [0.25, 0.3) is 0 Å². The Kier molecular flexibility index (Phi) is 8.19. The van der Waals surface area contributed by atoms with Crippen molar-refractivity contribution in [2.45, 2.75) is 31.5 Å². The summed E-state index contributed by atoms with van der Waals surface area (Å²) in [7, 11) is 0. The average molecular weight is 394 g/mol. The Morgan fingerprint density at radius 2 is 1.59 bits per heavy atom. The van der Waals surface area contributed by atoms with Gasteiger partial charge in [0.15, 0.2) is 6.29 Å². The van der Waals surface area contributed by atoms with Crippen LogP contribution in [-0.4, -0.2) is 37.8 Å². The molecule has 5 nitrogen and oxygen atoms in total. The van der Waals surface area contributed by atoms with Gasteiger partial charge in [0.05, 0.1) is 38.3 Å². The minimum atomic E-state index is -0.548. The summed E-state index contributed by atoms with van der Waals surface area (Å²) < 4.78 is 23.7. The van der Waals surface area contributed by atoms with Crippen molar-refractivity contribution in [3.63, 3.8) is 0 Å². The van der Waals surface area contributed by atoms with E-state index in [0.717, 1.165) is 17.4 Å². The lowest BCUT2D eigenvalue weighted by molar-refractivity contribution is -0.148. The number of hydrogen-bond donors (Lipinski definition) is 0. The largest absolute Gasteiger partial charge is 0.492 e. The van der Waals surface area contributed by atoms with Crippen LogP contribution in [0, 0.1) is 0 Å². The molecule has 2 aromatic rings. The van der Waals surface area contributed by atoms with E-state index in [1.165, 1.54) is 6.26 Å². The number of rotatable bonds is 11. The molecule has 0 bridgehead atoms. The molecule has 1 aliphatic heterocycles. The molecular weight excluding hydrogens is 368 g/mol. The number of carbonyl (C=O) groups is 1. The van der Waals surface area contributed by atoms with E-state index in [9.17, 15) is 4.79 Å². The molecule has 0 spiro atoms. The van der Waals surface area contributed by atoms with Crippen molar-refractivity contribution in [2.75, 3.05) is 13.2 Å². The predicted octanol–water partition coefficient (Wildman–Crippen LogP) is 3.84. The summed E-state index contributed by atoms with van der Waals surface area (Å²) in [6, 6.07) is 19.8. The molecule has 3 atom stereocenters. The van der Waals surface area contributed by atoms with E-state index in [1.807, 2.05) is 60.7 Å². The molecule has 29 heavy (non-hydrogen) atoms. The molecule has 2 aromatic carbocycles. The van der Waals surface area contributed by atoms with Gasteiger partial charge in [-0.05, 0) is 11.1 Å². The van der Waals surface area contributed by atoms with Crippen LogP contribution >= 0.6 is 0 Å². The van der Waals surface area contributed by atoms with Gasteiger partial charge < -0.3 is 18.9 Å². The van der Waals surface area contributed by atoms with Gasteiger partial charge in [-0.1, -0.05) is 66.7 Å². The van der Waals surface area contributed by atoms with E-state index >= 15 is 0 Å². The van der Waals surface area contributed by atoms with Crippen molar-refractivity contribution < 1.29 is 23.7 Å². The lowest BCUT2D eigenvalue weighted by Gasteiger charge is -2.36. The van der Waals surface area contributed by atoms with Gasteiger partial charge in [-0.25, -0.2) is 0 Å². The van der Waals surface area contributed by atoms with Crippen LogP contribution in [0.3, 0.4) is 0 Å². The molecule has 3 rings (SSSR count). The van der Waals surface area contributed by atoms with Gasteiger partial charge >= 0.3 is 0 Å². The van der Waals surface area contributed by atoms with Crippen molar-refractivity contribution in [1.82, 2.24) is 0 Å². The Hall–Kier alpha value is -2.73. The van der Waals surface area contributed by atoms with Crippen LogP contribution in [0.5, 0.6) is 0 Å². The molecule has 0 aromatic heterocycles. The third-order valence-corrected chi connectivity index (χ3v) is 4.58. The highest BCUT2D eigenvalue weighted by molar-refractivity contribution is 5.74. The summed E-state index contributed by atoms with van der Waals surface area (Å²) in [5.74, 6) is 0. The highest BCUT2D eigenvalue weighted by Gasteiger charge is 2.38. The Labute approximate surface area is 171 Å². The van der Waals surface area contributed by atoms with Gasteiger partial charge in [0, 0.05) is 0 Å². The van der Waals surface area contributed by atoms with Crippen molar-refractivity contribution in [2.24, 2.45) is 0 Å². The molecule has 0 saturated carbocycles. The molecule has 0 amide bonds. The maximum atomic E-state index is 11.5. The topological polar surface area (TPSA) is 54.0 Å². The van der Waals surface area contributed by atoms with Crippen molar-refractivity contribution in [3.05, 3.63) is 96.3 Å². The molecule has 0 radical (unpaired) electrons. The first-order valence-electron chi connectivity index (χ1n) is 9.62. The van der Waals surface area contributed by atoms with E-state index in [0.29, 0.717) is 32.0 Å². The molecule has 0 fully saturated rings. The fraction of sp³-hybridized carbons (Fsp3) is 0.292. The van der Waals surface area contributed by atoms with E-state index in [-0.39, 0.29) is 0 Å². The monoisotopic (exact) mass is 394 g/mol. The van der Waals surface area contributed by atoms with E-state index in [4.69, 9.17) is 18.9 Å². The lowest BCUT2D eigenvalue weighted by Crippen LogP contribution is -2.48. The highest BCUT2D eigenvalue weighted by atomic mass is 16.6. The van der Waals surface area contributed by atoms with Gasteiger partial charge in [0.2, 0.25) is 0 Å². The number of ether oxygens (including phenoxy) is 4. The van der Waals surface area contributed by atoms with Crippen molar-refractivity contribution in [3.8, 4) is 0 Å². The SMILES string of the molecule is C=CCO[C@H]1C(C=O)=CO[C@H](COCc2ccccc2)[C@@H]1OCc1ccccc1. The summed E-state index contributed by atoms with van der Waals surface area (Å²) in [6.07, 6.45) is 2.39. The van der Waals surface area contributed by atoms with Crippen molar-refractivity contribution >= 4 is 6.29 Å². The molecule has 1 heterocycles. The molecular formula is C24H26O5. The van der Waals surface area contributed by atoms with E-state index in [1.54, 1.807) is 6.08 Å². The predicted molar refractivity (Wildman–Crippen MR) is 110 cm³/mol. The zero-order chi connectivity index (χ0) is 20.3.